The Bertz CT molecular complexity index is 444. The third-order valence-electron chi connectivity index (χ3n) is 4.47. The standard InChI is InChI=1S/C17H26ClFN2O/c1-2-13(8-11-22)20-14-6-9-21(10-7-14)12-15-16(18)4-3-5-17(15)19/h3-5,13-14,20,22H,2,6-12H2,1H3. The summed E-state index contributed by atoms with van der Waals surface area (Å²) in [4.78, 5) is 2.26. The summed E-state index contributed by atoms with van der Waals surface area (Å²) in [5.41, 5.74) is 0.599. The Morgan fingerprint density at radius 2 is 2.14 bits per heavy atom. The van der Waals surface area contributed by atoms with Gasteiger partial charge in [0.2, 0.25) is 0 Å². The highest BCUT2D eigenvalue weighted by Gasteiger charge is 2.22. The SMILES string of the molecule is CCC(CCO)NC1CCN(Cc2c(F)cccc2Cl)CC1. The lowest BCUT2D eigenvalue weighted by atomic mass is 10.0. The summed E-state index contributed by atoms with van der Waals surface area (Å²) in [6, 6.07) is 5.74. The van der Waals surface area contributed by atoms with Crippen molar-refractivity contribution in [3.05, 3.63) is 34.6 Å². The van der Waals surface area contributed by atoms with Crippen LogP contribution < -0.4 is 5.32 Å². The van der Waals surface area contributed by atoms with Gasteiger partial charge in [-0.2, -0.15) is 0 Å². The van der Waals surface area contributed by atoms with Crippen molar-refractivity contribution in [2.75, 3.05) is 19.7 Å². The molecule has 1 saturated heterocycles. The molecule has 0 radical (unpaired) electrons. The lowest BCUT2D eigenvalue weighted by molar-refractivity contribution is 0.175. The summed E-state index contributed by atoms with van der Waals surface area (Å²) in [6.45, 7) is 4.83. The number of benzene rings is 1. The largest absolute Gasteiger partial charge is 0.396 e. The molecule has 1 atom stereocenters. The molecule has 1 aliphatic heterocycles. The van der Waals surface area contributed by atoms with E-state index in [4.69, 9.17) is 16.7 Å². The van der Waals surface area contributed by atoms with E-state index in [0.29, 0.717) is 29.2 Å². The van der Waals surface area contributed by atoms with Gasteiger partial charge in [0.25, 0.3) is 0 Å². The smallest absolute Gasteiger partial charge is 0.129 e. The van der Waals surface area contributed by atoms with E-state index in [-0.39, 0.29) is 12.4 Å². The predicted octanol–water partition coefficient (Wildman–Crippen LogP) is 3.19. The molecular formula is C17H26ClFN2O. The van der Waals surface area contributed by atoms with E-state index >= 15 is 0 Å². The van der Waals surface area contributed by atoms with Crippen molar-refractivity contribution in [3.8, 4) is 0 Å². The third kappa shape index (κ3) is 4.92. The van der Waals surface area contributed by atoms with E-state index in [0.717, 1.165) is 38.8 Å². The van der Waals surface area contributed by atoms with Crippen LogP contribution in [0.5, 0.6) is 0 Å². The van der Waals surface area contributed by atoms with Crippen molar-refractivity contribution in [1.82, 2.24) is 10.2 Å². The molecule has 2 rings (SSSR count). The van der Waals surface area contributed by atoms with Crippen LogP contribution in [0.25, 0.3) is 0 Å². The monoisotopic (exact) mass is 328 g/mol. The molecule has 0 saturated carbocycles. The van der Waals surface area contributed by atoms with E-state index in [1.807, 2.05) is 0 Å². The van der Waals surface area contributed by atoms with Crippen molar-refractivity contribution in [2.24, 2.45) is 0 Å². The summed E-state index contributed by atoms with van der Waals surface area (Å²) in [5.74, 6) is -0.221. The highest BCUT2D eigenvalue weighted by molar-refractivity contribution is 6.31. The minimum Gasteiger partial charge on any atom is -0.396 e. The molecule has 1 aliphatic rings. The first-order chi connectivity index (χ1) is 10.6. The topological polar surface area (TPSA) is 35.5 Å². The Kier molecular flexibility index (Phi) is 7.09. The van der Waals surface area contributed by atoms with Crippen LogP contribution in [-0.2, 0) is 6.54 Å². The highest BCUT2D eigenvalue weighted by atomic mass is 35.5. The summed E-state index contributed by atoms with van der Waals surface area (Å²) in [5, 5.41) is 13.2. The van der Waals surface area contributed by atoms with Crippen LogP contribution in [0.2, 0.25) is 5.02 Å². The van der Waals surface area contributed by atoms with Gasteiger partial charge in [-0.25, -0.2) is 4.39 Å². The Hall–Kier alpha value is -0.680. The van der Waals surface area contributed by atoms with Crippen molar-refractivity contribution < 1.29 is 9.50 Å². The van der Waals surface area contributed by atoms with Crippen molar-refractivity contribution >= 4 is 11.6 Å². The Morgan fingerprint density at radius 3 is 2.73 bits per heavy atom. The van der Waals surface area contributed by atoms with Crippen LogP contribution in [-0.4, -0.2) is 41.8 Å². The molecule has 3 nitrogen and oxygen atoms in total. The normalized spacial score (nSPS) is 18.5. The molecule has 0 bridgehead atoms. The van der Waals surface area contributed by atoms with Crippen LogP contribution in [0.1, 0.15) is 38.2 Å². The van der Waals surface area contributed by atoms with Gasteiger partial charge in [0.15, 0.2) is 0 Å². The maximum atomic E-state index is 13.8. The quantitative estimate of drug-likeness (QED) is 0.807. The number of nitrogens with one attached hydrogen (secondary N) is 1. The molecule has 1 fully saturated rings. The molecule has 2 N–H and O–H groups in total. The average molecular weight is 329 g/mol. The Morgan fingerprint density at radius 1 is 1.41 bits per heavy atom. The number of hydrogen-bond donors (Lipinski definition) is 2. The number of aliphatic hydroxyl groups excluding tert-OH is 1. The average Bonchev–Trinajstić information content (AvgIpc) is 2.52. The highest BCUT2D eigenvalue weighted by Crippen LogP contribution is 2.22. The number of halogens is 2. The lowest BCUT2D eigenvalue weighted by Gasteiger charge is -2.34. The van der Waals surface area contributed by atoms with E-state index in [1.165, 1.54) is 6.07 Å². The molecule has 1 heterocycles. The van der Waals surface area contributed by atoms with Crippen LogP contribution in [0.15, 0.2) is 18.2 Å². The summed E-state index contributed by atoms with van der Waals surface area (Å²) < 4.78 is 13.8. The Balaban J connectivity index is 1.82. The molecule has 0 amide bonds. The van der Waals surface area contributed by atoms with Gasteiger partial charge >= 0.3 is 0 Å². The fourth-order valence-electron chi connectivity index (χ4n) is 3.06. The van der Waals surface area contributed by atoms with Crippen molar-refractivity contribution in [3.63, 3.8) is 0 Å². The molecule has 0 aliphatic carbocycles. The zero-order valence-electron chi connectivity index (χ0n) is 13.2. The van der Waals surface area contributed by atoms with E-state index in [2.05, 4.69) is 17.1 Å². The van der Waals surface area contributed by atoms with E-state index in [9.17, 15) is 4.39 Å². The second-order valence-corrected chi connectivity index (χ2v) is 6.44. The van der Waals surface area contributed by atoms with Crippen LogP contribution in [0.3, 0.4) is 0 Å². The van der Waals surface area contributed by atoms with Gasteiger partial charge in [0.1, 0.15) is 5.82 Å². The first-order valence-corrected chi connectivity index (χ1v) is 8.54. The molecule has 22 heavy (non-hydrogen) atoms. The number of rotatable bonds is 7. The predicted molar refractivity (Wildman–Crippen MR) is 88.6 cm³/mol. The van der Waals surface area contributed by atoms with Crippen molar-refractivity contribution in [2.45, 2.75) is 51.2 Å². The molecule has 1 unspecified atom stereocenters. The number of piperidine rings is 1. The fraction of sp³-hybridized carbons (Fsp3) is 0.647. The van der Waals surface area contributed by atoms with Gasteiger partial charge in [0.05, 0.1) is 0 Å². The fourth-order valence-corrected chi connectivity index (χ4v) is 3.28. The van der Waals surface area contributed by atoms with Gasteiger partial charge in [-0.05, 0) is 50.9 Å². The molecule has 0 spiro atoms. The number of likely N-dealkylation sites (tertiary alicyclic amines) is 1. The van der Waals surface area contributed by atoms with E-state index in [1.54, 1.807) is 12.1 Å². The van der Waals surface area contributed by atoms with E-state index < -0.39 is 0 Å². The molecule has 0 aromatic heterocycles. The van der Waals surface area contributed by atoms with Crippen molar-refractivity contribution in [1.29, 1.82) is 0 Å². The second kappa shape index (κ2) is 8.82. The summed E-state index contributed by atoms with van der Waals surface area (Å²) >= 11 is 6.10. The van der Waals surface area contributed by atoms with Gasteiger partial charge in [-0.3, -0.25) is 4.90 Å². The zero-order valence-corrected chi connectivity index (χ0v) is 13.9. The zero-order chi connectivity index (χ0) is 15.9. The summed E-state index contributed by atoms with van der Waals surface area (Å²) in [7, 11) is 0. The third-order valence-corrected chi connectivity index (χ3v) is 4.83. The van der Waals surface area contributed by atoms with Gasteiger partial charge in [0, 0.05) is 35.8 Å². The first-order valence-electron chi connectivity index (χ1n) is 8.16. The van der Waals surface area contributed by atoms with Gasteiger partial charge in [-0.1, -0.05) is 24.6 Å². The Labute approximate surface area is 137 Å². The number of aliphatic hydroxyl groups is 1. The second-order valence-electron chi connectivity index (χ2n) is 6.03. The number of hydrogen-bond acceptors (Lipinski definition) is 3. The van der Waals surface area contributed by atoms with Crippen LogP contribution in [0, 0.1) is 5.82 Å². The minimum atomic E-state index is -0.221. The maximum absolute atomic E-state index is 13.8. The molecular weight excluding hydrogens is 303 g/mol. The molecule has 124 valence electrons. The first kappa shape index (κ1) is 17.7. The molecule has 1 aromatic rings. The lowest BCUT2D eigenvalue weighted by Crippen LogP contribution is -2.46. The summed E-state index contributed by atoms with van der Waals surface area (Å²) in [6.07, 6.45) is 3.94. The maximum Gasteiger partial charge on any atom is 0.129 e. The van der Waals surface area contributed by atoms with Crippen LogP contribution in [0.4, 0.5) is 4.39 Å². The molecule has 1 aromatic carbocycles. The van der Waals surface area contributed by atoms with Gasteiger partial charge < -0.3 is 10.4 Å². The van der Waals surface area contributed by atoms with Crippen LogP contribution >= 0.6 is 11.6 Å². The molecule has 5 heteroatoms. The number of nitrogens with zero attached hydrogens (tertiary/aromatic N) is 1. The minimum absolute atomic E-state index is 0.221. The van der Waals surface area contributed by atoms with Gasteiger partial charge in [-0.15, -0.1) is 0 Å².